The Bertz CT molecular complexity index is 655. The number of benzene rings is 1. The SMILES string of the molecule is [C-]#[N+]C1(c2ccc(N(CC)C3CCCCC3)c([N+](=O)[O-])c2)CCC1. The molecule has 1 aromatic carbocycles. The molecule has 128 valence electrons. The van der Waals surface area contributed by atoms with E-state index in [1.807, 2.05) is 12.1 Å². The molecule has 5 nitrogen and oxygen atoms in total. The van der Waals surface area contributed by atoms with Gasteiger partial charge in [0.2, 0.25) is 0 Å². The fourth-order valence-electron chi connectivity index (χ4n) is 4.20. The van der Waals surface area contributed by atoms with E-state index in [1.54, 1.807) is 6.07 Å². The molecule has 2 saturated carbocycles. The Morgan fingerprint density at radius 3 is 2.50 bits per heavy atom. The van der Waals surface area contributed by atoms with E-state index in [1.165, 1.54) is 19.3 Å². The predicted molar refractivity (Wildman–Crippen MR) is 95.1 cm³/mol. The summed E-state index contributed by atoms with van der Waals surface area (Å²) < 4.78 is 0. The maximum absolute atomic E-state index is 11.7. The molecule has 2 fully saturated rings. The zero-order valence-corrected chi connectivity index (χ0v) is 14.3. The molecule has 0 unspecified atom stereocenters. The van der Waals surface area contributed by atoms with Gasteiger partial charge in [0.15, 0.2) is 0 Å². The molecule has 0 radical (unpaired) electrons. The summed E-state index contributed by atoms with van der Waals surface area (Å²) in [5.41, 5.74) is 1.18. The number of hydrogen-bond donors (Lipinski definition) is 0. The highest BCUT2D eigenvalue weighted by Gasteiger charge is 2.46. The minimum absolute atomic E-state index is 0.162. The zero-order chi connectivity index (χ0) is 17.2. The van der Waals surface area contributed by atoms with Gasteiger partial charge in [0, 0.05) is 37.1 Å². The lowest BCUT2D eigenvalue weighted by Crippen LogP contribution is -2.37. The summed E-state index contributed by atoms with van der Waals surface area (Å²) in [5.74, 6) is 0. The van der Waals surface area contributed by atoms with E-state index in [2.05, 4.69) is 16.7 Å². The van der Waals surface area contributed by atoms with Crippen molar-refractivity contribution < 1.29 is 4.92 Å². The first-order valence-corrected chi connectivity index (χ1v) is 9.05. The number of anilines is 1. The van der Waals surface area contributed by atoms with Crippen molar-refractivity contribution in [2.45, 2.75) is 69.9 Å². The van der Waals surface area contributed by atoms with E-state index in [-0.39, 0.29) is 10.6 Å². The highest BCUT2D eigenvalue weighted by atomic mass is 16.6. The third-order valence-corrected chi connectivity index (χ3v) is 5.77. The fourth-order valence-corrected chi connectivity index (χ4v) is 4.20. The molecule has 24 heavy (non-hydrogen) atoms. The third kappa shape index (κ3) is 2.86. The van der Waals surface area contributed by atoms with E-state index in [9.17, 15) is 10.1 Å². The lowest BCUT2D eigenvalue weighted by molar-refractivity contribution is -0.384. The molecule has 3 rings (SSSR count). The van der Waals surface area contributed by atoms with Crippen LogP contribution >= 0.6 is 0 Å². The zero-order valence-electron chi connectivity index (χ0n) is 14.3. The van der Waals surface area contributed by atoms with Crippen LogP contribution in [-0.2, 0) is 5.54 Å². The van der Waals surface area contributed by atoms with Crippen molar-refractivity contribution in [3.63, 3.8) is 0 Å². The lowest BCUT2D eigenvalue weighted by atomic mass is 9.72. The van der Waals surface area contributed by atoms with Crippen molar-refractivity contribution >= 4 is 11.4 Å². The first-order chi connectivity index (χ1) is 11.6. The van der Waals surface area contributed by atoms with E-state index >= 15 is 0 Å². The summed E-state index contributed by atoms with van der Waals surface area (Å²) in [7, 11) is 0. The summed E-state index contributed by atoms with van der Waals surface area (Å²) in [6.45, 7) is 10.3. The van der Waals surface area contributed by atoms with Crippen LogP contribution in [-0.4, -0.2) is 17.5 Å². The van der Waals surface area contributed by atoms with Crippen molar-refractivity contribution in [1.29, 1.82) is 0 Å². The second-order valence-corrected chi connectivity index (χ2v) is 7.04. The normalized spacial score (nSPS) is 20.0. The number of hydrogen-bond acceptors (Lipinski definition) is 3. The highest BCUT2D eigenvalue weighted by Crippen LogP contribution is 2.47. The van der Waals surface area contributed by atoms with Gasteiger partial charge in [-0.1, -0.05) is 19.3 Å². The van der Waals surface area contributed by atoms with Gasteiger partial charge in [-0.25, -0.2) is 6.57 Å². The Balaban J connectivity index is 1.98. The van der Waals surface area contributed by atoms with Crippen LogP contribution in [0.15, 0.2) is 18.2 Å². The highest BCUT2D eigenvalue weighted by molar-refractivity contribution is 5.66. The maximum Gasteiger partial charge on any atom is 0.293 e. The monoisotopic (exact) mass is 327 g/mol. The van der Waals surface area contributed by atoms with Crippen molar-refractivity contribution in [2.24, 2.45) is 0 Å². The molecule has 5 heteroatoms. The molecule has 0 amide bonds. The quantitative estimate of drug-likeness (QED) is 0.432. The Labute approximate surface area is 143 Å². The number of nitrogens with zero attached hydrogens (tertiary/aromatic N) is 3. The third-order valence-electron chi connectivity index (χ3n) is 5.77. The molecule has 0 aromatic heterocycles. The average molecular weight is 327 g/mol. The van der Waals surface area contributed by atoms with Crippen LogP contribution in [0.3, 0.4) is 0 Å². The lowest BCUT2D eigenvalue weighted by Gasteiger charge is -2.35. The smallest absolute Gasteiger partial charge is 0.293 e. The van der Waals surface area contributed by atoms with Crippen molar-refractivity contribution in [1.82, 2.24) is 0 Å². The van der Waals surface area contributed by atoms with Crippen LogP contribution in [0.25, 0.3) is 4.85 Å². The Hall–Kier alpha value is -2.09. The van der Waals surface area contributed by atoms with Crippen molar-refractivity contribution in [3.05, 3.63) is 45.3 Å². The minimum Gasteiger partial charge on any atom is -0.363 e. The van der Waals surface area contributed by atoms with Crippen LogP contribution in [0, 0.1) is 16.7 Å². The van der Waals surface area contributed by atoms with Gasteiger partial charge < -0.3 is 9.74 Å². The molecule has 0 aliphatic heterocycles. The van der Waals surface area contributed by atoms with Gasteiger partial charge in [-0.3, -0.25) is 10.1 Å². The summed E-state index contributed by atoms with van der Waals surface area (Å²) in [6.07, 6.45) is 8.54. The maximum atomic E-state index is 11.7. The molecule has 0 spiro atoms. The van der Waals surface area contributed by atoms with E-state index in [0.29, 0.717) is 6.04 Å². The molecule has 0 atom stereocenters. The molecule has 2 aliphatic rings. The number of rotatable bonds is 5. The molecule has 0 N–H and O–H groups in total. The van der Waals surface area contributed by atoms with Crippen LogP contribution < -0.4 is 4.90 Å². The van der Waals surface area contributed by atoms with Gasteiger partial charge in [-0.15, -0.1) is 0 Å². The Kier molecular flexibility index (Phi) is 4.75. The summed E-state index contributed by atoms with van der Waals surface area (Å²) >= 11 is 0. The topological polar surface area (TPSA) is 50.7 Å². The van der Waals surface area contributed by atoms with Crippen LogP contribution in [0.1, 0.15) is 63.9 Å². The molecular weight excluding hydrogens is 302 g/mol. The van der Waals surface area contributed by atoms with Gasteiger partial charge in [0.25, 0.3) is 11.2 Å². The van der Waals surface area contributed by atoms with Crippen molar-refractivity contribution in [2.75, 3.05) is 11.4 Å². The first kappa shape index (κ1) is 16.8. The molecular formula is C19H25N3O2. The number of nitro benzene ring substituents is 1. The van der Waals surface area contributed by atoms with Gasteiger partial charge >= 0.3 is 0 Å². The predicted octanol–water partition coefficient (Wildman–Crippen LogP) is 5.05. The minimum atomic E-state index is -0.523. The summed E-state index contributed by atoms with van der Waals surface area (Å²) in [6, 6.07) is 5.90. The van der Waals surface area contributed by atoms with E-state index in [0.717, 1.165) is 49.9 Å². The Morgan fingerprint density at radius 1 is 1.29 bits per heavy atom. The molecule has 0 saturated heterocycles. The van der Waals surface area contributed by atoms with Gasteiger partial charge in [-0.2, -0.15) is 0 Å². The van der Waals surface area contributed by atoms with Crippen molar-refractivity contribution in [3.8, 4) is 0 Å². The van der Waals surface area contributed by atoms with Gasteiger partial charge in [-0.05, 0) is 38.3 Å². The number of nitro groups is 1. The molecule has 0 heterocycles. The van der Waals surface area contributed by atoms with Crippen LogP contribution in [0.5, 0.6) is 0 Å². The first-order valence-electron chi connectivity index (χ1n) is 9.05. The van der Waals surface area contributed by atoms with E-state index < -0.39 is 5.54 Å². The average Bonchev–Trinajstić information content (AvgIpc) is 2.57. The van der Waals surface area contributed by atoms with Crippen LogP contribution in [0.4, 0.5) is 11.4 Å². The summed E-state index contributed by atoms with van der Waals surface area (Å²) in [4.78, 5) is 17.4. The van der Waals surface area contributed by atoms with Gasteiger partial charge in [0.05, 0.1) is 4.92 Å². The fraction of sp³-hybridized carbons (Fsp3) is 0.632. The summed E-state index contributed by atoms with van der Waals surface area (Å²) in [5, 5.41) is 11.7. The second-order valence-electron chi connectivity index (χ2n) is 7.04. The van der Waals surface area contributed by atoms with Gasteiger partial charge in [0.1, 0.15) is 5.69 Å². The molecule has 1 aromatic rings. The molecule has 2 aliphatic carbocycles. The van der Waals surface area contributed by atoms with E-state index in [4.69, 9.17) is 6.57 Å². The molecule has 0 bridgehead atoms. The van der Waals surface area contributed by atoms with Crippen LogP contribution in [0.2, 0.25) is 0 Å². The standard InChI is InChI=1S/C19H25N3O2/c1-3-21(16-8-5-4-6-9-16)17-11-10-15(14-18(17)22(23)24)19(20-2)12-7-13-19/h10-11,14,16H,3-9,12-13H2,1H3. The Morgan fingerprint density at radius 2 is 2.00 bits per heavy atom. The second kappa shape index (κ2) is 6.80. The largest absolute Gasteiger partial charge is 0.363 e.